The number of nitrogens with two attached hydrogens (primary N) is 1. The van der Waals surface area contributed by atoms with E-state index in [1.165, 1.54) is 5.69 Å². The number of halogens is 1. The van der Waals surface area contributed by atoms with Crippen molar-refractivity contribution in [2.75, 3.05) is 24.6 Å². The Balaban J connectivity index is 2.12. The van der Waals surface area contributed by atoms with Gasteiger partial charge in [0.1, 0.15) is 0 Å². The van der Waals surface area contributed by atoms with Crippen LogP contribution in [-0.4, -0.2) is 30.3 Å². The van der Waals surface area contributed by atoms with Crippen molar-refractivity contribution in [2.45, 2.75) is 18.4 Å². The van der Waals surface area contributed by atoms with Crippen LogP contribution < -0.4 is 10.6 Å². The second-order valence-electron chi connectivity index (χ2n) is 4.52. The Morgan fingerprint density at radius 2 is 2.06 bits per heavy atom. The first-order valence-electron chi connectivity index (χ1n) is 5.53. The van der Waals surface area contributed by atoms with Crippen molar-refractivity contribution in [3.05, 3.63) is 28.7 Å². The molecule has 1 fully saturated rings. The van der Waals surface area contributed by atoms with Crippen LogP contribution in [0.4, 0.5) is 5.69 Å². The van der Waals surface area contributed by atoms with E-state index in [-0.39, 0.29) is 6.61 Å². The van der Waals surface area contributed by atoms with Crippen molar-refractivity contribution in [1.82, 2.24) is 0 Å². The second-order valence-corrected chi connectivity index (χ2v) is 5.44. The summed E-state index contributed by atoms with van der Waals surface area (Å²) in [6.07, 6.45) is 1.93. The Morgan fingerprint density at radius 1 is 1.38 bits per heavy atom. The van der Waals surface area contributed by atoms with Crippen molar-refractivity contribution in [3.63, 3.8) is 0 Å². The number of aliphatic hydroxyl groups is 1. The molecule has 3 N–H and O–H groups in total. The summed E-state index contributed by atoms with van der Waals surface area (Å²) in [6.45, 7) is 1.80. The van der Waals surface area contributed by atoms with Gasteiger partial charge in [-0.3, -0.25) is 0 Å². The lowest BCUT2D eigenvalue weighted by atomic mass is 9.91. The Bertz CT molecular complexity index is 355. The highest BCUT2D eigenvalue weighted by molar-refractivity contribution is 9.10. The predicted molar refractivity (Wildman–Crippen MR) is 69.6 cm³/mol. The highest BCUT2D eigenvalue weighted by Gasteiger charge is 2.30. The fourth-order valence-electron chi connectivity index (χ4n) is 2.16. The van der Waals surface area contributed by atoms with Gasteiger partial charge in [-0.25, -0.2) is 0 Å². The number of aliphatic hydroxyl groups excluding tert-OH is 1. The van der Waals surface area contributed by atoms with Crippen LogP contribution in [0.2, 0.25) is 0 Å². The molecule has 88 valence electrons. The summed E-state index contributed by atoms with van der Waals surface area (Å²) in [5, 5.41) is 9.30. The highest BCUT2D eigenvalue weighted by atomic mass is 79.9. The Morgan fingerprint density at radius 3 is 2.69 bits per heavy atom. The topological polar surface area (TPSA) is 49.5 Å². The first-order valence-corrected chi connectivity index (χ1v) is 6.32. The van der Waals surface area contributed by atoms with Crippen molar-refractivity contribution < 1.29 is 5.11 Å². The largest absolute Gasteiger partial charge is 0.394 e. The summed E-state index contributed by atoms with van der Waals surface area (Å²) in [6, 6.07) is 8.21. The maximum atomic E-state index is 9.30. The fourth-order valence-corrected chi connectivity index (χ4v) is 2.43. The van der Waals surface area contributed by atoms with Gasteiger partial charge in [0.2, 0.25) is 0 Å². The number of benzene rings is 1. The third-order valence-corrected chi connectivity index (χ3v) is 3.64. The molecule has 0 aliphatic carbocycles. The molecule has 1 aliphatic rings. The van der Waals surface area contributed by atoms with E-state index in [2.05, 4.69) is 33.0 Å². The summed E-state index contributed by atoms with van der Waals surface area (Å²) < 4.78 is 1.08. The lowest BCUT2D eigenvalue weighted by Crippen LogP contribution is -2.56. The molecule has 0 amide bonds. The summed E-state index contributed by atoms with van der Waals surface area (Å²) in [7, 11) is 0. The van der Waals surface area contributed by atoms with Gasteiger partial charge < -0.3 is 15.7 Å². The third kappa shape index (κ3) is 2.56. The normalized spacial score (nSPS) is 25.8. The summed E-state index contributed by atoms with van der Waals surface area (Å²) in [4.78, 5) is 2.24. The molecular weight excluding hydrogens is 268 g/mol. The minimum Gasteiger partial charge on any atom is -0.394 e. The van der Waals surface area contributed by atoms with Gasteiger partial charge in [-0.1, -0.05) is 15.9 Å². The van der Waals surface area contributed by atoms with Gasteiger partial charge in [0.15, 0.2) is 0 Å². The number of rotatable bonds is 2. The second kappa shape index (κ2) is 4.73. The van der Waals surface area contributed by atoms with Crippen molar-refractivity contribution in [1.29, 1.82) is 0 Å². The number of hydrogen-bond acceptors (Lipinski definition) is 3. The molecule has 0 radical (unpaired) electrons. The van der Waals surface area contributed by atoms with Gasteiger partial charge in [-0.2, -0.15) is 0 Å². The molecule has 4 heteroatoms. The van der Waals surface area contributed by atoms with E-state index in [4.69, 9.17) is 5.73 Å². The summed E-state index contributed by atoms with van der Waals surface area (Å²) in [5.74, 6) is 0. The highest BCUT2D eigenvalue weighted by Crippen LogP contribution is 2.25. The number of piperidine rings is 1. The Hall–Kier alpha value is -0.580. The van der Waals surface area contributed by atoms with E-state index >= 15 is 0 Å². The first kappa shape index (κ1) is 11.9. The molecule has 0 bridgehead atoms. The Kier molecular flexibility index (Phi) is 3.52. The van der Waals surface area contributed by atoms with Gasteiger partial charge in [0.05, 0.1) is 12.1 Å². The molecule has 1 saturated heterocycles. The van der Waals surface area contributed by atoms with Crippen molar-refractivity contribution >= 4 is 21.6 Å². The molecule has 1 unspecified atom stereocenters. The fraction of sp³-hybridized carbons (Fsp3) is 0.500. The van der Waals surface area contributed by atoms with Crippen LogP contribution in [0.25, 0.3) is 0 Å². The standard InChI is InChI=1S/C12H17BrN2O/c13-10-2-4-11(5-3-10)15-7-1-6-12(14,8-15)9-16/h2-5,16H,1,6-9,14H2. The van der Waals surface area contributed by atoms with Crippen LogP contribution in [-0.2, 0) is 0 Å². The molecule has 0 saturated carbocycles. The smallest absolute Gasteiger partial charge is 0.0628 e. The van der Waals surface area contributed by atoms with E-state index in [0.29, 0.717) is 0 Å². The van der Waals surface area contributed by atoms with Crippen molar-refractivity contribution in [3.8, 4) is 0 Å². The minimum atomic E-state index is -0.439. The van der Waals surface area contributed by atoms with E-state index in [1.54, 1.807) is 0 Å². The zero-order chi connectivity index (χ0) is 11.6. The monoisotopic (exact) mass is 284 g/mol. The third-order valence-electron chi connectivity index (χ3n) is 3.12. The van der Waals surface area contributed by atoms with Gasteiger partial charge in [0.25, 0.3) is 0 Å². The van der Waals surface area contributed by atoms with Gasteiger partial charge >= 0.3 is 0 Å². The van der Waals surface area contributed by atoms with Crippen LogP contribution in [0.5, 0.6) is 0 Å². The van der Waals surface area contributed by atoms with E-state index in [9.17, 15) is 5.11 Å². The van der Waals surface area contributed by atoms with Crippen LogP contribution in [0.3, 0.4) is 0 Å². The molecule has 0 spiro atoms. The maximum Gasteiger partial charge on any atom is 0.0628 e. The molecule has 1 heterocycles. The maximum absolute atomic E-state index is 9.30. The summed E-state index contributed by atoms with van der Waals surface area (Å²) in [5.41, 5.74) is 6.85. The average molecular weight is 285 g/mol. The van der Waals surface area contributed by atoms with Crippen molar-refractivity contribution in [2.24, 2.45) is 5.73 Å². The molecule has 2 rings (SSSR count). The molecule has 1 atom stereocenters. The van der Waals surface area contributed by atoms with Crippen LogP contribution >= 0.6 is 15.9 Å². The van der Waals surface area contributed by atoms with E-state index in [1.807, 2.05) is 12.1 Å². The number of nitrogens with zero attached hydrogens (tertiary/aromatic N) is 1. The average Bonchev–Trinajstić information content (AvgIpc) is 2.30. The SMILES string of the molecule is NC1(CO)CCCN(c2ccc(Br)cc2)C1. The summed E-state index contributed by atoms with van der Waals surface area (Å²) >= 11 is 3.42. The zero-order valence-corrected chi connectivity index (χ0v) is 10.8. The van der Waals surface area contributed by atoms with Crippen LogP contribution in [0.1, 0.15) is 12.8 Å². The molecule has 16 heavy (non-hydrogen) atoms. The molecular formula is C12H17BrN2O. The zero-order valence-electron chi connectivity index (χ0n) is 9.19. The molecule has 1 aromatic rings. The van der Waals surface area contributed by atoms with Gasteiger partial charge in [-0.05, 0) is 37.1 Å². The molecule has 3 nitrogen and oxygen atoms in total. The quantitative estimate of drug-likeness (QED) is 0.870. The molecule has 0 aromatic heterocycles. The lowest BCUT2D eigenvalue weighted by molar-refractivity contribution is 0.177. The van der Waals surface area contributed by atoms with Crippen LogP contribution in [0.15, 0.2) is 28.7 Å². The Labute approximate surface area is 104 Å². The predicted octanol–water partition coefficient (Wildman–Crippen LogP) is 1.74. The van der Waals surface area contributed by atoms with E-state index < -0.39 is 5.54 Å². The number of anilines is 1. The minimum absolute atomic E-state index is 0.0556. The molecule has 1 aromatic carbocycles. The lowest BCUT2D eigenvalue weighted by Gasteiger charge is -2.40. The van der Waals surface area contributed by atoms with Gasteiger partial charge in [0, 0.05) is 23.2 Å². The number of hydrogen-bond donors (Lipinski definition) is 2. The van der Waals surface area contributed by atoms with Crippen LogP contribution in [0, 0.1) is 0 Å². The molecule has 1 aliphatic heterocycles. The van der Waals surface area contributed by atoms with E-state index in [0.717, 1.165) is 30.4 Å². The van der Waals surface area contributed by atoms with Gasteiger partial charge in [-0.15, -0.1) is 0 Å². The first-order chi connectivity index (χ1) is 7.63.